The van der Waals surface area contributed by atoms with Gasteiger partial charge < -0.3 is 23.7 Å². The second kappa shape index (κ2) is 6.59. The quantitative estimate of drug-likeness (QED) is 0.770. The Morgan fingerprint density at radius 2 is 1.96 bits per heavy atom. The highest BCUT2D eigenvalue weighted by Gasteiger charge is 2.54. The highest BCUT2D eigenvalue weighted by atomic mass is 16.8. The van der Waals surface area contributed by atoms with Crippen LogP contribution in [0.2, 0.25) is 0 Å². The summed E-state index contributed by atoms with van der Waals surface area (Å²) in [4.78, 5) is 12.6. The summed E-state index contributed by atoms with van der Waals surface area (Å²) in [5, 5.41) is 0. The second-order valence-corrected chi connectivity index (χ2v) is 7.48. The number of rotatable bonds is 4. The summed E-state index contributed by atoms with van der Waals surface area (Å²) < 4.78 is 28.9. The van der Waals surface area contributed by atoms with Crippen LogP contribution in [-0.2, 0) is 35.1 Å². The van der Waals surface area contributed by atoms with E-state index in [-0.39, 0.29) is 30.0 Å². The normalized spacial score (nSPS) is 32.2. The molecule has 0 aromatic heterocycles. The minimum Gasteiger partial charge on any atom is -0.462 e. The molecule has 0 unspecified atom stereocenters. The van der Waals surface area contributed by atoms with Gasteiger partial charge in [0.15, 0.2) is 0 Å². The van der Waals surface area contributed by atoms with Crippen LogP contribution < -0.4 is 0 Å². The predicted molar refractivity (Wildman–Crippen MR) is 91.6 cm³/mol. The van der Waals surface area contributed by atoms with Crippen LogP contribution in [0.15, 0.2) is 41.9 Å². The lowest BCUT2D eigenvalue weighted by molar-refractivity contribution is -0.239. The standard InChI is InChI=1S/C20H24O6/c1-12-14-10-23-15(11-22-9-13-7-5-4-6-8-13)16(14)17-18(21)25-20(2,3)26-19(17)24-12/h4-8,12,14-16H,9-11H2,1-3H3/t12-,14-,15-,16+/m0/s1. The molecule has 3 heterocycles. The third-order valence-corrected chi connectivity index (χ3v) is 5.10. The number of cyclic esters (lactones) is 1. The average molecular weight is 360 g/mol. The van der Waals surface area contributed by atoms with Gasteiger partial charge in [0, 0.05) is 25.7 Å². The smallest absolute Gasteiger partial charge is 0.344 e. The zero-order chi connectivity index (χ0) is 18.3. The summed E-state index contributed by atoms with van der Waals surface area (Å²) >= 11 is 0. The molecule has 0 spiro atoms. The van der Waals surface area contributed by atoms with Crippen molar-refractivity contribution in [1.29, 1.82) is 0 Å². The van der Waals surface area contributed by atoms with E-state index in [0.717, 1.165) is 5.56 Å². The molecule has 6 heteroatoms. The minimum atomic E-state index is -1.03. The van der Waals surface area contributed by atoms with Gasteiger partial charge in [-0.3, -0.25) is 0 Å². The molecule has 1 aromatic carbocycles. The van der Waals surface area contributed by atoms with Crippen LogP contribution in [0.1, 0.15) is 26.3 Å². The molecule has 0 aliphatic carbocycles. The molecule has 6 nitrogen and oxygen atoms in total. The van der Waals surface area contributed by atoms with Crippen LogP contribution in [0.25, 0.3) is 0 Å². The Hall–Kier alpha value is -2.05. The van der Waals surface area contributed by atoms with Gasteiger partial charge in [-0.2, -0.15) is 0 Å². The molecule has 3 aliphatic rings. The summed E-state index contributed by atoms with van der Waals surface area (Å²) in [6, 6.07) is 9.97. The van der Waals surface area contributed by atoms with Crippen molar-refractivity contribution in [2.75, 3.05) is 13.2 Å². The molecule has 1 saturated heterocycles. The van der Waals surface area contributed by atoms with Gasteiger partial charge in [-0.15, -0.1) is 0 Å². The van der Waals surface area contributed by atoms with E-state index in [4.69, 9.17) is 23.7 Å². The van der Waals surface area contributed by atoms with E-state index >= 15 is 0 Å². The lowest BCUT2D eigenvalue weighted by atomic mass is 9.80. The molecule has 0 saturated carbocycles. The third-order valence-electron chi connectivity index (χ3n) is 5.10. The van der Waals surface area contributed by atoms with Gasteiger partial charge in [-0.05, 0) is 12.5 Å². The topological polar surface area (TPSA) is 63.2 Å². The zero-order valence-electron chi connectivity index (χ0n) is 15.3. The number of carbonyl (C=O) groups excluding carboxylic acids is 1. The van der Waals surface area contributed by atoms with Crippen LogP contribution in [-0.4, -0.2) is 37.2 Å². The Morgan fingerprint density at radius 3 is 2.73 bits per heavy atom. The maximum Gasteiger partial charge on any atom is 0.344 e. The van der Waals surface area contributed by atoms with Crippen LogP contribution in [0, 0.1) is 11.8 Å². The molecule has 3 aliphatic heterocycles. The summed E-state index contributed by atoms with van der Waals surface area (Å²) in [6.45, 7) is 6.80. The molecule has 140 valence electrons. The van der Waals surface area contributed by atoms with Crippen molar-refractivity contribution in [3.05, 3.63) is 47.4 Å². The fraction of sp³-hybridized carbons (Fsp3) is 0.550. The Labute approximate surface area is 153 Å². The van der Waals surface area contributed by atoms with Gasteiger partial charge in [0.1, 0.15) is 11.7 Å². The molecule has 4 atom stereocenters. The van der Waals surface area contributed by atoms with Gasteiger partial charge in [0.25, 0.3) is 11.7 Å². The van der Waals surface area contributed by atoms with E-state index in [1.165, 1.54) is 0 Å². The zero-order valence-corrected chi connectivity index (χ0v) is 15.3. The van der Waals surface area contributed by atoms with E-state index in [1.807, 2.05) is 37.3 Å². The molecule has 26 heavy (non-hydrogen) atoms. The van der Waals surface area contributed by atoms with Gasteiger partial charge in [0.05, 0.1) is 25.9 Å². The molecule has 0 N–H and O–H groups in total. The van der Waals surface area contributed by atoms with Gasteiger partial charge in [-0.25, -0.2) is 4.79 Å². The Morgan fingerprint density at radius 1 is 1.19 bits per heavy atom. The molecular weight excluding hydrogens is 336 g/mol. The summed E-state index contributed by atoms with van der Waals surface area (Å²) in [6.07, 6.45) is -0.322. The van der Waals surface area contributed by atoms with E-state index < -0.39 is 11.8 Å². The van der Waals surface area contributed by atoms with Crippen molar-refractivity contribution >= 4 is 5.97 Å². The SMILES string of the molecule is C[C@@H]1OC2=C(C(=O)OC(C)(C)O2)[C@@H]2[C@H]1CO[C@H]2COCc1ccccc1. The maximum absolute atomic E-state index is 12.6. The van der Waals surface area contributed by atoms with Crippen molar-refractivity contribution in [3.63, 3.8) is 0 Å². The van der Waals surface area contributed by atoms with Crippen molar-refractivity contribution in [3.8, 4) is 0 Å². The summed E-state index contributed by atoms with van der Waals surface area (Å²) in [7, 11) is 0. The summed E-state index contributed by atoms with van der Waals surface area (Å²) in [5.74, 6) is -1.21. The maximum atomic E-state index is 12.6. The molecular formula is C20H24O6. The Balaban J connectivity index is 1.51. The lowest BCUT2D eigenvalue weighted by Crippen LogP contribution is -2.47. The third kappa shape index (κ3) is 3.19. The minimum absolute atomic E-state index is 0.0800. The van der Waals surface area contributed by atoms with Crippen molar-refractivity contribution in [2.24, 2.45) is 11.8 Å². The number of benzene rings is 1. The summed E-state index contributed by atoms with van der Waals surface area (Å²) in [5.41, 5.74) is 1.54. The van der Waals surface area contributed by atoms with E-state index in [2.05, 4.69) is 0 Å². The van der Waals surface area contributed by atoms with Crippen LogP contribution in [0.5, 0.6) is 0 Å². The second-order valence-electron chi connectivity index (χ2n) is 7.48. The largest absolute Gasteiger partial charge is 0.462 e. The number of fused-ring (bicyclic) bond motifs is 2. The Kier molecular flexibility index (Phi) is 4.40. The van der Waals surface area contributed by atoms with Crippen LogP contribution in [0.4, 0.5) is 0 Å². The number of esters is 1. The molecule has 4 rings (SSSR count). The first kappa shape index (κ1) is 17.4. The van der Waals surface area contributed by atoms with Crippen LogP contribution in [0.3, 0.4) is 0 Å². The number of ether oxygens (including phenoxy) is 5. The van der Waals surface area contributed by atoms with E-state index in [0.29, 0.717) is 25.4 Å². The predicted octanol–water partition coefficient (Wildman–Crippen LogP) is 2.77. The lowest BCUT2D eigenvalue weighted by Gasteiger charge is -2.41. The number of carbonyl (C=O) groups is 1. The van der Waals surface area contributed by atoms with Crippen molar-refractivity contribution in [1.82, 2.24) is 0 Å². The van der Waals surface area contributed by atoms with Crippen molar-refractivity contribution in [2.45, 2.75) is 45.4 Å². The fourth-order valence-corrected chi connectivity index (χ4v) is 3.84. The number of hydrogen-bond acceptors (Lipinski definition) is 6. The van der Waals surface area contributed by atoms with Crippen LogP contribution >= 0.6 is 0 Å². The molecule has 0 bridgehead atoms. The van der Waals surface area contributed by atoms with Gasteiger partial charge in [-0.1, -0.05) is 30.3 Å². The first-order valence-electron chi connectivity index (χ1n) is 9.01. The van der Waals surface area contributed by atoms with E-state index in [1.54, 1.807) is 13.8 Å². The van der Waals surface area contributed by atoms with Gasteiger partial charge >= 0.3 is 5.97 Å². The highest BCUT2D eigenvalue weighted by Crippen LogP contribution is 2.46. The number of hydrogen-bond donors (Lipinski definition) is 0. The molecule has 0 amide bonds. The fourth-order valence-electron chi connectivity index (χ4n) is 3.84. The first-order chi connectivity index (χ1) is 12.4. The molecule has 1 aromatic rings. The highest BCUT2D eigenvalue weighted by molar-refractivity contribution is 5.90. The first-order valence-corrected chi connectivity index (χ1v) is 9.01. The molecule has 0 radical (unpaired) electrons. The average Bonchev–Trinajstić information content (AvgIpc) is 2.99. The van der Waals surface area contributed by atoms with Gasteiger partial charge in [0.2, 0.25) is 0 Å². The monoisotopic (exact) mass is 360 g/mol. The molecule has 1 fully saturated rings. The van der Waals surface area contributed by atoms with E-state index in [9.17, 15) is 4.79 Å². The Bertz CT molecular complexity index is 710. The van der Waals surface area contributed by atoms with Crippen molar-refractivity contribution < 1.29 is 28.5 Å².